The van der Waals surface area contributed by atoms with E-state index < -0.39 is 0 Å². The molecule has 1 aromatic rings. The number of benzene rings is 1. The van der Waals surface area contributed by atoms with E-state index in [0.717, 1.165) is 41.8 Å². The highest BCUT2D eigenvalue weighted by Gasteiger charge is 2.21. The van der Waals surface area contributed by atoms with Gasteiger partial charge in [-0.25, -0.2) is 0 Å². The Kier molecular flexibility index (Phi) is 11.5. The molecule has 0 heterocycles. The minimum atomic E-state index is 0.664. The molecule has 2 heteroatoms. The van der Waals surface area contributed by atoms with Gasteiger partial charge in [-0.05, 0) is 86.5 Å². The minimum Gasteiger partial charge on any atom is -0.493 e. The van der Waals surface area contributed by atoms with Crippen molar-refractivity contribution in [2.24, 2.45) is 23.7 Å². The number of unbranched alkanes of at least 4 members (excludes halogenated alkanes) is 2. The average Bonchev–Trinajstić information content (AvgIpc) is 2.83. The molecular formula is C30H48O2. The first-order valence-electron chi connectivity index (χ1n) is 13.8. The Morgan fingerprint density at radius 3 is 1.94 bits per heavy atom. The van der Waals surface area contributed by atoms with Crippen molar-refractivity contribution >= 4 is 0 Å². The molecule has 0 aromatic heterocycles. The molecule has 0 radical (unpaired) electrons. The fourth-order valence-corrected chi connectivity index (χ4v) is 5.69. The zero-order valence-corrected chi connectivity index (χ0v) is 20.9. The molecule has 0 spiro atoms. The molecule has 2 aliphatic rings. The van der Waals surface area contributed by atoms with Crippen molar-refractivity contribution in [1.29, 1.82) is 0 Å². The van der Waals surface area contributed by atoms with Crippen molar-refractivity contribution in [2.75, 3.05) is 13.2 Å². The smallest absolute Gasteiger partial charge is 0.120 e. The van der Waals surface area contributed by atoms with Gasteiger partial charge in [0.2, 0.25) is 0 Å². The predicted octanol–water partition coefficient (Wildman–Crippen LogP) is 8.99. The summed E-state index contributed by atoms with van der Waals surface area (Å²) in [5.41, 5.74) is 0. The van der Waals surface area contributed by atoms with Gasteiger partial charge in [0.25, 0.3) is 0 Å². The summed E-state index contributed by atoms with van der Waals surface area (Å²) in [5, 5.41) is 0. The fourth-order valence-electron chi connectivity index (χ4n) is 5.69. The zero-order chi connectivity index (χ0) is 22.4. The normalized spacial score (nSPS) is 26.3. The van der Waals surface area contributed by atoms with Crippen LogP contribution < -0.4 is 9.47 Å². The highest BCUT2D eigenvalue weighted by atomic mass is 16.5. The molecule has 2 nitrogen and oxygen atoms in total. The molecular weight excluding hydrogens is 392 g/mol. The van der Waals surface area contributed by atoms with Gasteiger partial charge in [-0.2, -0.15) is 0 Å². The van der Waals surface area contributed by atoms with E-state index in [9.17, 15) is 0 Å². The summed E-state index contributed by atoms with van der Waals surface area (Å²) < 4.78 is 12.0. The molecule has 2 aliphatic carbocycles. The Morgan fingerprint density at radius 2 is 1.28 bits per heavy atom. The third-order valence-electron chi connectivity index (χ3n) is 7.83. The van der Waals surface area contributed by atoms with Gasteiger partial charge in [-0.3, -0.25) is 0 Å². The van der Waals surface area contributed by atoms with E-state index in [1.807, 2.05) is 12.1 Å². The molecule has 180 valence electrons. The van der Waals surface area contributed by atoms with Crippen LogP contribution in [0.2, 0.25) is 0 Å². The van der Waals surface area contributed by atoms with E-state index in [2.05, 4.69) is 38.1 Å². The van der Waals surface area contributed by atoms with Gasteiger partial charge in [0.05, 0.1) is 6.61 Å². The van der Waals surface area contributed by atoms with Crippen LogP contribution in [0, 0.1) is 23.7 Å². The van der Waals surface area contributed by atoms with Crippen LogP contribution in [0.25, 0.3) is 0 Å². The summed E-state index contributed by atoms with van der Waals surface area (Å²) in [7, 11) is 0. The number of allylic oxidation sites excluding steroid dienone is 1. The molecule has 2 saturated carbocycles. The van der Waals surface area contributed by atoms with E-state index in [0.29, 0.717) is 6.61 Å². The second-order valence-electron chi connectivity index (χ2n) is 10.5. The van der Waals surface area contributed by atoms with E-state index in [-0.39, 0.29) is 0 Å². The second kappa shape index (κ2) is 14.7. The van der Waals surface area contributed by atoms with Crippen LogP contribution in [-0.4, -0.2) is 13.2 Å². The van der Waals surface area contributed by atoms with Gasteiger partial charge in [0.15, 0.2) is 0 Å². The summed E-state index contributed by atoms with van der Waals surface area (Å²) >= 11 is 0. The standard InChI is InChI=1S/C30H48O2/c1-3-5-6-9-26-11-13-27(14-12-26)10-7-23-31-29-19-21-30(22-20-29)32-24-28-17-15-25(8-4-2)16-18-28/h7,10,19-22,25-28H,3-6,8-9,11-18,23-24H2,1-2H3/b10-7+. The van der Waals surface area contributed by atoms with Crippen LogP contribution in [-0.2, 0) is 0 Å². The van der Waals surface area contributed by atoms with Gasteiger partial charge in [-0.1, -0.05) is 77.4 Å². The first-order chi connectivity index (χ1) is 15.8. The maximum absolute atomic E-state index is 6.07. The second-order valence-corrected chi connectivity index (χ2v) is 10.5. The highest BCUT2D eigenvalue weighted by Crippen LogP contribution is 2.33. The Morgan fingerprint density at radius 1 is 0.688 bits per heavy atom. The van der Waals surface area contributed by atoms with Crippen molar-refractivity contribution in [3.05, 3.63) is 36.4 Å². The van der Waals surface area contributed by atoms with Crippen molar-refractivity contribution in [3.63, 3.8) is 0 Å². The lowest BCUT2D eigenvalue weighted by molar-refractivity contribution is 0.178. The largest absolute Gasteiger partial charge is 0.493 e. The fraction of sp³-hybridized carbons (Fsp3) is 0.733. The Labute approximate surface area is 198 Å². The summed E-state index contributed by atoms with van der Waals surface area (Å²) in [6.45, 7) is 6.13. The molecule has 0 atom stereocenters. The number of ether oxygens (including phenoxy) is 2. The molecule has 32 heavy (non-hydrogen) atoms. The van der Waals surface area contributed by atoms with Gasteiger partial charge in [0.1, 0.15) is 18.1 Å². The first kappa shape index (κ1) is 25.2. The van der Waals surface area contributed by atoms with Gasteiger partial charge < -0.3 is 9.47 Å². The highest BCUT2D eigenvalue weighted by molar-refractivity contribution is 5.31. The Balaban J connectivity index is 1.27. The molecule has 0 bridgehead atoms. The van der Waals surface area contributed by atoms with E-state index >= 15 is 0 Å². The van der Waals surface area contributed by atoms with Crippen LogP contribution >= 0.6 is 0 Å². The van der Waals surface area contributed by atoms with Gasteiger partial charge >= 0.3 is 0 Å². The minimum absolute atomic E-state index is 0.664. The van der Waals surface area contributed by atoms with Crippen LogP contribution in [0.15, 0.2) is 36.4 Å². The van der Waals surface area contributed by atoms with Gasteiger partial charge in [0, 0.05) is 0 Å². The summed E-state index contributed by atoms with van der Waals surface area (Å²) in [5.74, 6) is 5.34. The molecule has 3 rings (SSSR count). The van der Waals surface area contributed by atoms with Crippen LogP contribution in [0.1, 0.15) is 104 Å². The maximum Gasteiger partial charge on any atom is 0.120 e. The lowest BCUT2D eigenvalue weighted by atomic mass is 9.79. The average molecular weight is 441 g/mol. The van der Waals surface area contributed by atoms with Crippen molar-refractivity contribution in [3.8, 4) is 11.5 Å². The maximum atomic E-state index is 6.07. The molecule has 1 aromatic carbocycles. The lowest BCUT2D eigenvalue weighted by Crippen LogP contribution is -2.20. The number of hydrogen-bond donors (Lipinski definition) is 0. The Hall–Kier alpha value is -1.44. The summed E-state index contributed by atoms with van der Waals surface area (Å²) in [6.07, 6.45) is 24.0. The van der Waals surface area contributed by atoms with Crippen molar-refractivity contribution in [2.45, 2.75) is 104 Å². The van der Waals surface area contributed by atoms with E-state index in [1.165, 1.54) is 89.9 Å². The third-order valence-corrected chi connectivity index (χ3v) is 7.83. The Bertz CT molecular complexity index is 619. The topological polar surface area (TPSA) is 18.5 Å². The van der Waals surface area contributed by atoms with E-state index in [4.69, 9.17) is 9.47 Å². The monoisotopic (exact) mass is 440 g/mol. The lowest BCUT2D eigenvalue weighted by Gasteiger charge is -2.28. The number of rotatable bonds is 13. The summed E-state index contributed by atoms with van der Waals surface area (Å²) in [4.78, 5) is 0. The quantitative estimate of drug-likeness (QED) is 0.225. The molecule has 0 N–H and O–H groups in total. The van der Waals surface area contributed by atoms with Crippen LogP contribution in [0.3, 0.4) is 0 Å². The predicted molar refractivity (Wildman–Crippen MR) is 137 cm³/mol. The third kappa shape index (κ3) is 9.20. The molecule has 0 saturated heterocycles. The molecule has 2 fully saturated rings. The summed E-state index contributed by atoms with van der Waals surface area (Å²) in [6, 6.07) is 8.20. The molecule has 0 aliphatic heterocycles. The van der Waals surface area contributed by atoms with Crippen LogP contribution in [0.5, 0.6) is 11.5 Å². The van der Waals surface area contributed by atoms with E-state index in [1.54, 1.807) is 0 Å². The van der Waals surface area contributed by atoms with Crippen molar-refractivity contribution in [1.82, 2.24) is 0 Å². The zero-order valence-electron chi connectivity index (χ0n) is 20.9. The van der Waals surface area contributed by atoms with Crippen LogP contribution in [0.4, 0.5) is 0 Å². The van der Waals surface area contributed by atoms with Crippen molar-refractivity contribution < 1.29 is 9.47 Å². The van der Waals surface area contributed by atoms with Gasteiger partial charge in [-0.15, -0.1) is 0 Å². The SMILES string of the molecule is CCCCCC1CCC(/C=C/COc2ccc(OCC3CCC(CCC)CC3)cc2)CC1. The number of hydrogen-bond acceptors (Lipinski definition) is 2. The first-order valence-corrected chi connectivity index (χ1v) is 13.8. The molecule has 0 unspecified atom stereocenters. The molecule has 0 amide bonds.